The molecule has 2 heterocycles. The van der Waals surface area contributed by atoms with Crippen LogP contribution in [0.15, 0.2) is 68.2 Å². The van der Waals surface area contributed by atoms with Gasteiger partial charge in [-0.15, -0.1) is 10.2 Å². The number of nitrogens with zero attached hydrogens (tertiary/aromatic N) is 2. The molecule has 0 bridgehead atoms. The molecule has 134 valence electrons. The van der Waals surface area contributed by atoms with Crippen LogP contribution in [0.1, 0.15) is 23.2 Å². The molecule has 0 radical (unpaired) electrons. The van der Waals surface area contributed by atoms with Crippen LogP contribution in [0.5, 0.6) is 0 Å². The maximum atomic E-state index is 12.5. The molecule has 0 spiro atoms. The van der Waals surface area contributed by atoms with Gasteiger partial charge in [0.05, 0.1) is 0 Å². The maximum absolute atomic E-state index is 12.5. The van der Waals surface area contributed by atoms with Crippen LogP contribution in [0.2, 0.25) is 0 Å². The molecule has 0 fully saturated rings. The Morgan fingerprint density at radius 2 is 1.81 bits per heavy atom. The second-order valence-corrected chi connectivity index (χ2v) is 5.87. The van der Waals surface area contributed by atoms with E-state index in [1.165, 1.54) is 6.07 Å². The van der Waals surface area contributed by atoms with E-state index in [0.29, 0.717) is 34.9 Å². The first kappa shape index (κ1) is 16.7. The lowest BCUT2D eigenvalue weighted by atomic mass is 10.1. The zero-order valence-electron chi connectivity index (χ0n) is 14.4. The van der Waals surface area contributed by atoms with Crippen LogP contribution in [-0.2, 0) is 6.42 Å². The van der Waals surface area contributed by atoms with E-state index >= 15 is 0 Å². The summed E-state index contributed by atoms with van der Waals surface area (Å²) in [6.45, 7) is 1.93. The van der Waals surface area contributed by atoms with Gasteiger partial charge in [0.1, 0.15) is 11.1 Å². The third kappa shape index (κ3) is 3.35. The van der Waals surface area contributed by atoms with Gasteiger partial charge in [-0.05, 0) is 36.4 Å². The van der Waals surface area contributed by atoms with E-state index in [9.17, 15) is 9.59 Å². The minimum atomic E-state index is -0.680. The van der Waals surface area contributed by atoms with E-state index in [0.717, 1.165) is 5.56 Å². The quantitative estimate of drug-likeness (QED) is 0.557. The molecule has 0 saturated heterocycles. The van der Waals surface area contributed by atoms with Gasteiger partial charge < -0.3 is 14.2 Å². The smallest absolute Gasteiger partial charge is 0.349 e. The average Bonchev–Trinajstić information content (AvgIpc) is 3.17. The van der Waals surface area contributed by atoms with Gasteiger partial charge in [0, 0.05) is 23.1 Å². The Morgan fingerprint density at radius 3 is 2.56 bits per heavy atom. The molecule has 0 unspecified atom stereocenters. The highest BCUT2D eigenvalue weighted by atomic mass is 16.4. The Bertz CT molecular complexity index is 1180. The highest BCUT2D eigenvalue weighted by Crippen LogP contribution is 2.21. The minimum Gasteiger partial charge on any atom is -0.422 e. The monoisotopic (exact) mass is 361 g/mol. The van der Waals surface area contributed by atoms with Gasteiger partial charge in [0.25, 0.3) is 5.91 Å². The van der Waals surface area contributed by atoms with Crippen molar-refractivity contribution in [2.24, 2.45) is 0 Å². The zero-order valence-corrected chi connectivity index (χ0v) is 14.4. The van der Waals surface area contributed by atoms with Crippen LogP contribution in [0.4, 0.5) is 5.69 Å². The summed E-state index contributed by atoms with van der Waals surface area (Å²) in [5, 5.41) is 11.3. The van der Waals surface area contributed by atoms with Crippen LogP contribution in [-0.4, -0.2) is 16.1 Å². The summed E-state index contributed by atoms with van der Waals surface area (Å²) in [5.41, 5.74) is 0.981. The molecular weight excluding hydrogens is 346 g/mol. The molecule has 0 aliphatic heterocycles. The first-order valence-electron chi connectivity index (χ1n) is 8.41. The summed E-state index contributed by atoms with van der Waals surface area (Å²) in [6.07, 6.45) is 0.662. The van der Waals surface area contributed by atoms with Crippen molar-refractivity contribution < 1.29 is 13.6 Å². The molecule has 7 nitrogen and oxygen atoms in total. The molecule has 0 saturated carbocycles. The number of hydrogen-bond donors (Lipinski definition) is 1. The van der Waals surface area contributed by atoms with Crippen molar-refractivity contribution in [1.82, 2.24) is 10.2 Å². The van der Waals surface area contributed by atoms with E-state index in [2.05, 4.69) is 15.5 Å². The molecular formula is C20H15N3O4. The number of para-hydroxylation sites is 1. The first-order chi connectivity index (χ1) is 13.1. The number of anilines is 1. The fraction of sp³-hybridized carbons (Fsp3) is 0.100. The van der Waals surface area contributed by atoms with Crippen LogP contribution in [0.3, 0.4) is 0 Å². The molecule has 1 amide bonds. The summed E-state index contributed by atoms with van der Waals surface area (Å²) in [5.74, 6) is 0.443. The molecule has 27 heavy (non-hydrogen) atoms. The SMILES string of the molecule is CCc1nnc(-c2ccc(NC(=O)c3cc4ccccc4oc3=O)cc2)o1. The average molecular weight is 361 g/mol. The number of carbonyl (C=O) groups excluding carboxylic acids is 1. The Labute approximate surface area is 153 Å². The number of hydrogen-bond acceptors (Lipinski definition) is 6. The van der Waals surface area contributed by atoms with Gasteiger partial charge >= 0.3 is 5.63 Å². The number of amides is 1. The van der Waals surface area contributed by atoms with Crippen LogP contribution in [0, 0.1) is 0 Å². The molecule has 1 N–H and O–H groups in total. The number of fused-ring (bicyclic) bond motifs is 1. The van der Waals surface area contributed by atoms with Gasteiger partial charge in [-0.3, -0.25) is 4.79 Å². The third-order valence-corrected chi connectivity index (χ3v) is 4.05. The second-order valence-electron chi connectivity index (χ2n) is 5.87. The van der Waals surface area contributed by atoms with Crippen molar-refractivity contribution in [1.29, 1.82) is 0 Å². The van der Waals surface area contributed by atoms with Gasteiger partial charge in [0.15, 0.2) is 0 Å². The summed E-state index contributed by atoms with van der Waals surface area (Å²) in [4.78, 5) is 24.5. The van der Waals surface area contributed by atoms with Gasteiger partial charge in [-0.1, -0.05) is 25.1 Å². The van der Waals surface area contributed by atoms with Crippen molar-refractivity contribution in [2.45, 2.75) is 13.3 Å². The molecule has 0 aliphatic carbocycles. The zero-order chi connectivity index (χ0) is 18.8. The molecule has 0 aliphatic rings. The molecule has 4 aromatic rings. The summed E-state index contributed by atoms with van der Waals surface area (Å²) in [6, 6.07) is 15.5. The number of benzene rings is 2. The van der Waals surface area contributed by atoms with Crippen molar-refractivity contribution in [3.63, 3.8) is 0 Å². The van der Waals surface area contributed by atoms with E-state index < -0.39 is 11.5 Å². The normalized spacial score (nSPS) is 10.9. The summed E-state index contributed by atoms with van der Waals surface area (Å²) >= 11 is 0. The highest BCUT2D eigenvalue weighted by molar-refractivity contribution is 6.05. The predicted octanol–water partition coefficient (Wildman–Crippen LogP) is 3.66. The fourth-order valence-corrected chi connectivity index (χ4v) is 2.63. The second kappa shape index (κ2) is 6.87. The third-order valence-electron chi connectivity index (χ3n) is 4.05. The van der Waals surface area contributed by atoms with Crippen molar-refractivity contribution in [2.75, 3.05) is 5.32 Å². The number of aromatic nitrogens is 2. The standard InChI is InChI=1S/C20H15N3O4/c1-2-17-22-23-19(27-17)12-7-9-14(10-8-12)21-18(24)15-11-13-5-3-4-6-16(13)26-20(15)25/h3-11H,2H2,1H3,(H,21,24). The lowest BCUT2D eigenvalue weighted by molar-refractivity contribution is 0.102. The molecule has 4 rings (SSSR count). The molecule has 2 aromatic heterocycles. The predicted molar refractivity (Wildman–Crippen MR) is 99.5 cm³/mol. The Kier molecular flexibility index (Phi) is 4.25. The van der Waals surface area contributed by atoms with Crippen LogP contribution in [0.25, 0.3) is 22.4 Å². The van der Waals surface area contributed by atoms with Crippen LogP contribution < -0.4 is 10.9 Å². The molecule has 0 atom stereocenters. The summed E-state index contributed by atoms with van der Waals surface area (Å²) in [7, 11) is 0. The van der Waals surface area contributed by atoms with E-state index in [1.54, 1.807) is 42.5 Å². The van der Waals surface area contributed by atoms with Crippen molar-refractivity contribution in [3.8, 4) is 11.5 Å². The van der Waals surface area contributed by atoms with Gasteiger partial charge in [-0.2, -0.15) is 0 Å². The van der Waals surface area contributed by atoms with Gasteiger partial charge in [-0.25, -0.2) is 4.79 Å². The Hall–Kier alpha value is -3.74. The van der Waals surface area contributed by atoms with E-state index in [-0.39, 0.29) is 5.56 Å². The van der Waals surface area contributed by atoms with E-state index in [1.807, 2.05) is 13.0 Å². The largest absolute Gasteiger partial charge is 0.422 e. The maximum Gasteiger partial charge on any atom is 0.349 e. The summed E-state index contributed by atoms with van der Waals surface area (Å²) < 4.78 is 10.7. The lowest BCUT2D eigenvalue weighted by Crippen LogP contribution is -2.20. The number of aryl methyl sites for hydroxylation is 1. The Balaban J connectivity index is 1.56. The topological polar surface area (TPSA) is 98.2 Å². The van der Waals surface area contributed by atoms with Crippen LogP contribution >= 0.6 is 0 Å². The van der Waals surface area contributed by atoms with Gasteiger partial charge in [0.2, 0.25) is 11.8 Å². The first-order valence-corrected chi connectivity index (χ1v) is 8.41. The molecule has 7 heteroatoms. The minimum absolute atomic E-state index is 0.0535. The molecule has 2 aromatic carbocycles. The van der Waals surface area contributed by atoms with E-state index in [4.69, 9.17) is 8.83 Å². The number of carbonyl (C=O) groups is 1. The fourth-order valence-electron chi connectivity index (χ4n) is 2.63. The number of rotatable bonds is 4. The number of nitrogens with one attached hydrogen (secondary N) is 1. The highest BCUT2D eigenvalue weighted by Gasteiger charge is 2.14. The van der Waals surface area contributed by atoms with Crippen molar-refractivity contribution >= 4 is 22.6 Å². The lowest BCUT2D eigenvalue weighted by Gasteiger charge is -2.05. The Morgan fingerprint density at radius 1 is 1.04 bits per heavy atom. The van der Waals surface area contributed by atoms with Crippen molar-refractivity contribution in [3.05, 3.63) is 76.5 Å².